The van der Waals surface area contributed by atoms with Gasteiger partial charge in [-0.3, -0.25) is 4.79 Å². The fourth-order valence-electron chi connectivity index (χ4n) is 2.28. The van der Waals surface area contributed by atoms with Crippen molar-refractivity contribution >= 4 is 15.9 Å². The van der Waals surface area contributed by atoms with Crippen LogP contribution in [-0.4, -0.2) is 26.6 Å². The van der Waals surface area contributed by atoms with Crippen molar-refractivity contribution in [3.05, 3.63) is 35.4 Å². The number of halogens is 2. The van der Waals surface area contributed by atoms with Gasteiger partial charge in [-0.15, -0.1) is 0 Å². The number of nitrogens with two attached hydrogens (primary N) is 1. The molecular formula is C13H16F2N2O3S. The monoisotopic (exact) mass is 318 g/mol. The summed E-state index contributed by atoms with van der Waals surface area (Å²) in [5.74, 6) is -2.76. The van der Waals surface area contributed by atoms with Gasteiger partial charge in [-0.25, -0.2) is 22.3 Å². The molecule has 1 fully saturated rings. The SMILES string of the molecule is NS(=O)(=O)CCCNC(=O)C1CC1c1c(F)cccc1F. The van der Waals surface area contributed by atoms with Crippen molar-refractivity contribution < 1.29 is 22.0 Å². The zero-order valence-electron chi connectivity index (χ0n) is 11.2. The largest absolute Gasteiger partial charge is 0.356 e. The minimum atomic E-state index is -3.54. The van der Waals surface area contributed by atoms with E-state index < -0.39 is 33.5 Å². The van der Waals surface area contributed by atoms with E-state index in [2.05, 4.69) is 5.32 Å². The number of carbonyl (C=O) groups excluding carboxylic acids is 1. The van der Waals surface area contributed by atoms with E-state index in [9.17, 15) is 22.0 Å². The van der Waals surface area contributed by atoms with Gasteiger partial charge >= 0.3 is 0 Å². The smallest absolute Gasteiger partial charge is 0.223 e. The van der Waals surface area contributed by atoms with Crippen LogP contribution < -0.4 is 10.5 Å². The fraction of sp³-hybridized carbons (Fsp3) is 0.462. The molecule has 5 nitrogen and oxygen atoms in total. The highest BCUT2D eigenvalue weighted by molar-refractivity contribution is 7.89. The zero-order chi connectivity index (χ0) is 15.6. The van der Waals surface area contributed by atoms with Gasteiger partial charge in [-0.1, -0.05) is 6.07 Å². The molecule has 0 radical (unpaired) electrons. The number of nitrogens with one attached hydrogen (secondary N) is 1. The number of carbonyl (C=O) groups is 1. The molecule has 1 aromatic carbocycles. The minimum absolute atomic E-state index is 0.0535. The summed E-state index contributed by atoms with van der Waals surface area (Å²) >= 11 is 0. The van der Waals surface area contributed by atoms with Crippen LogP contribution in [0.5, 0.6) is 0 Å². The molecule has 0 bridgehead atoms. The van der Waals surface area contributed by atoms with Crippen LogP contribution in [0.3, 0.4) is 0 Å². The summed E-state index contributed by atoms with van der Waals surface area (Å²) in [5, 5.41) is 7.38. The van der Waals surface area contributed by atoms with Gasteiger partial charge in [-0.2, -0.15) is 0 Å². The first-order chi connectivity index (χ1) is 9.79. The molecule has 0 aliphatic heterocycles. The third-order valence-electron chi connectivity index (χ3n) is 3.40. The molecule has 8 heteroatoms. The van der Waals surface area contributed by atoms with Crippen molar-refractivity contribution in [3.8, 4) is 0 Å². The molecule has 2 rings (SSSR count). The second-order valence-electron chi connectivity index (χ2n) is 5.10. The average Bonchev–Trinajstić information content (AvgIpc) is 3.13. The number of primary sulfonamides is 1. The molecule has 0 aromatic heterocycles. The van der Waals surface area contributed by atoms with Gasteiger partial charge in [0.15, 0.2) is 0 Å². The van der Waals surface area contributed by atoms with Crippen LogP contribution in [0.15, 0.2) is 18.2 Å². The van der Waals surface area contributed by atoms with Crippen molar-refractivity contribution in [2.75, 3.05) is 12.3 Å². The first kappa shape index (κ1) is 15.8. The van der Waals surface area contributed by atoms with E-state index in [-0.39, 0.29) is 30.2 Å². The van der Waals surface area contributed by atoms with Crippen LogP contribution in [0.1, 0.15) is 24.3 Å². The van der Waals surface area contributed by atoms with Crippen LogP contribution in [0.25, 0.3) is 0 Å². The minimum Gasteiger partial charge on any atom is -0.356 e. The Kier molecular flexibility index (Phi) is 4.58. The Morgan fingerprint density at radius 1 is 1.33 bits per heavy atom. The fourth-order valence-corrected chi connectivity index (χ4v) is 2.83. The van der Waals surface area contributed by atoms with Crippen LogP contribution in [-0.2, 0) is 14.8 Å². The normalized spacial score (nSPS) is 21.1. The molecule has 2 atom stereocenters. The molecule has 1 aliphatic carbocycles. The van der Waals surface area contributed by atoms with E-state index in [4.69, 9.17) is 5.14 Å². The lowest BCUT2D eigenvalue weighted by Crippen LogP contribution is -2.28. The summed E-state index contributed by atoms with van der Waals surface area (Å²) in [6, 6.07) is 3.61. The maximum atomic E-state index is 13.6. The molecule has 0 heterocycles. The van der Waals surface area contributed by atoms with Crippen LogP contribution >= 0.6 is 0 Å². The van der Waals surface area contributed by atoms with E-state index in [1.165, 1.54) is 6.07 Å². The molecule has 2 unspecified atom stereocenters. The van der Waals surface area contributed by atoms with Gasteiger partial charge in [-0.05, 0) is 25.0 Å². The van der Waals surface area contributed by atoms with E-state index in [0.717, 1.165) is 12.1 Å². The van der Waals surface area contributed by atoms with E-state index in [0.29, 0.717) is 6.42 Å². The van der Waals surface area contributed by atoms with Crippen LogP contribution in [0.4, 0.5) is 8.78 Å². The van der Waals surface area contributed by atoms with Gasteiger partial charge in [0.25, 0.3) is 0 Å². The summed E-state index contributed by atoms with van der Waals surface area (Å²) < 4.78 is 48.6. The van der Waals surface area contributed by atoms with Crippen molar-refractivity contribution in [3.63, 3.8) is 0 Å². The van der Waals surface area contributed by atoms with E-state index >= 15 is 0 Å². The molecule has 1 saturated carbocycles. The summed E-state index contributed by atoms with van der Waals surface area (Å²) in [5.41, 5.74) is -0.0535. The number of sulfonamides is 1. The van der Waals surface area contributed by atoms with Crippen molar-refractivity contribution in [1.82, 2.24) is 5.32 Å². The van der Waals surface area contributed by atoms with Gasteiger partial charge in [0.2, 0.25) is 15.9 Å². The highest BCUT2D eigenvalue weighted by Crippen LogP contribution is 2.49. The molecule has 116 valence electrons. The Morgan fingerprint density at radius 2 is 1.95 bits per heavy atom. The maximum absolute atomic E-state index is 13.6. The molecule has 1 aromatic rings. The predicted molar refractivity (Wildman–Crippen MR) is 72.8 cm³/mol. The predicted octanol–water partition coefficient (Wildman–Crippen LogP) is 0.863. The maximum Gasteiger partial charge on any atom is 0.223 e. The summed E-state index contributed by atoms with van der Waals surface area (Å²) in [6.07, 6.45) is 0.592. The van der Waals surface area contributed by atoms with E-state index in [1.807, 2.05) is 0 Å². The lowest BCUT2D eigenvalue weighted by molar-refractivity contribution is -0.122. The molecular weight excluding hydrogens is 302 g/mol. The van der Waals surface area contributed by atoms with Crippen LogP contribution in [0, 0.1) is 17.6 Å². The second-order valence-corrected chi connectivity index (χ2v) is 6.83. The summed E-state index contributed by atoms with van der Waals surface area (Å²) in [7, 11) is -3.54. The topological polar surface area (TPSA) is 89.3 Å². The van der Waals surface area contributed by atoms with Gasteiger partial charge < -0.3 is 5.32 Å². The Hall–Kier alpha value is -1.54. The Bertz CT molecular complexity index is 629. The number of amides is 1. The number of benzene rings is 1. The van der Waals surface area contributed by atoms with Crippen molar-refractivity contribution in [2.24, 2.45) is 11.1 Å². The Morgan fingerprint density at radius 3 is 2.52 bits per heavy atom. The summed E-state index contributed by atoms with van der Waals surface area (Å²) in [6.45, 7) is 0.165. The van der Waals surface area contributed by atoms with Gasteiger partial charge in [0.05, 0.1) is 5.75 Å². The number of hydrogen-bond acceptors (Lipinski definition) is 3. The Labute approximate surface area is 121 Å². The third kappa shape index (κ3) is 4.21. The third-order valence-corrected chi connectivity index (χ3v) is 4.26. The first-order valence-corrected chi connectivity index (χ1v) is 8.23. The lowest BCUT2D eigenvalue weighted by atomic mass is 10.1. The second kappa shape index (κ2) is 6.07. The Balaban J connectivity index is 1.84. The summed E-state index contributed by atoms with van der Waals surface area (Å²) in [4.78, 5) is 11.8. The van der Waals surface area contributed by atoms with Crippen LogP contribution in [0.2, 0.25) is 0 Å². The molecule has 0 saturated heterocycles. The zero-order valence-corrected chi connectivity index (χ0v) is 12.0. The lowest BCUT2D eigenvalue weighted by Gasteiger charge is -2.06. The first-order valence-electron chi connectivity index (χ1n) is 6.51. The number of rotatable bonds is 6. The highest BCUT2D eigenvalue weighted by Gasteiger charge is 2.46. The molecule has 3 N–H and O–H groups in total. The highest BCUT2D eigenvalue weighted by atomic mass is 32.2. The molecule has 0 spiro atoms. The van der Waals surface area contributed by atoms with Gasteiger partial charge in [0.1, 0.15) is 11.6 Å². The van der Waals surface area contributed by atoms with E-state index in [1.54, 1.807) is 0 Å². The average molecular weight is 318 g/mol. The molecule has 1 amide bonds. The quantitative estimate of drug-likeness (QED) is 0.763. The standard InChI is InChI=1S/C13H16F2N2O3S/c14-10-3-1-4-11(15)12(10)8-7-9(8)13(18)17-5-2-6-21(16,19)20/h1,3-4,8-9H,2,5-7H2,(H,17,18)(H2,16,19,20). The van der Waals surface area contributed by atoms with Gasteiger partial charge in [0, 0.05) is 23.9 Å². The molecule has 1 aliphatic rings. The van der Waals surface area contributed by atoms with Crippen molar-refractivity contribution in [1.29, 1.82) is 0 Å². The molecule has 21 heavy (non-hydrogen) atoms. The number of hydrogen-bond donors (Lipinski definition) is 2. The van der Waals surface area contributed by atoms with Crippen molar-refractivity contribution in [2.45, 2.75) is 18.8 Å².